The van der Waals surface area contributed by atoms with Crippen molar-refractivity contribution >= 4 is 17.5 Å². The summed E-state index contributed by atoms with van der Waals surface area (Å²) in [5, 5.41) is 16.1. The number of hydrogen-bond donors (Lipinski definition) is 1. The number of halogens is 3. The minimum absolute atomic E-state index is 0.0612. The molecule has 0 bridgehead atoms. The summed E-state index contributed by atoms with van der Waals surface area (Å²) in [4.78, 5) is 14.4. The normalized spacial score (nSPS) is 17.8. The highest BCUT2D eigenvalue weighted by Gasteiger charge is 2.41. The third kappa shape index (κ3) is 4.87. The molecule has 32 heavy (non-hydrogen) atoms. The lowest BCUT2D eigenvalue weighted by Gasteiger charge is -2.39. The number of aromatic nitrogens is 5. The van der Waals surface area contributed by atoms with Crippen LogP contribution < -0.4 is 4.90 Å². The minimum atomic E-state index is -1.79. The molecule has 170 valence electrons. The largest absolute Gasteiger partial charge is 0.380 e. The molecule has 1 saturated heterocycles. The minimum Gasteiger partial charge on any atom is -0.380 e. The van der Waals surface area contributed by atoms with Crippen LogP contribution in [0.15, 0.2) is 43.2 Å². The number of piperidine rings is 1. The van der Waals surface area contributed by atoms with Crippen molar-refractivity contribution in [1.82, 2.24) is 24.7 Å². The summed E-state index contributed by atoms with van der Waals surface area (Å²) in [7, 11) is 0. The van der Waals surface area contributed by atoms with E-state index >= 15 is 0 Å². The van der Waals surface area contributed by atoms with Crippen LogP contribution in [0.5, 0.6) is 0 Å². The highest BCUT2D eigenvalue weighted by molar-refractivity contribution is 6.30. The van der Waals surface area contributed by atoms with E-state index in [0.717, 1.165) is 12.1 Å². The van der Waals surface area contributed by atoms with Gasteiger partial charge in [0.25, 0.3) is 0 Å². The van der Waals surface area contributed by atoms with E-state index in [9.17, 15) is 13.9 Å². The summed E-state index contributed by atoms with van der Waals surface area (Å²) in [6.45, 7) is 2.89. The van der Waals surface area contributed by atoms with E-state index in [0.29, 0.717) is 36.9 Å². The van der Waals surface area contributed by atoms with E-state index in [4.69, 9.17) is 16.3 Å². The first-order valence-corrected chi connectivity index (χ1v) is 10.6. The molecule has 0 saturated carbocycles. The van der Waals surface area contributed by atoms with Gasteiger partial charge in [0, 0.05) is 24.7 Å². The Morgan fingerprint density at radius 2 is 1.97 bits per heavy atom. The first-order valence-electron chi connectivity index (χ1n) is 10.2. The maximum atomic E-state index is 14.6. The van der Waals surface area contributed by atoms with Gasteiger partial charge in [-0.05, 0) is 25.8 Å². The molecule has 3 heterocycles. The van der Waals surface area contributed by atoms with Crippen molar-refractivity contribution in [2.75, 3.05) is 18.0 Å². The standard InChI is InChI=1S/C21H23ClF2N6O2/c1-14(32-17-4-6-29(7-5-17)20-26-9-15(22)10-27-20)21(31,11-30-13-25-12-28-30)18-3-2-16(23)8-19(18)24/h2-3,8-10,12-14,17,31H,4-7,11H2,1H3/t14-,21-/m1/s1. The highest BCUT2D eigenvalue weighted by Crippen LogP contribution is 2.33. The zero-order valence-corrected chi connectivity index (χ0v) is 18.2. The predicted molar refractivity (Wildman–Crippen MR) is 113 cm³/mol. The maximum Gasteiger partial charge on any atom is 0.225 e. The molecule has 1 aliphatic heterocycles. The summed E-state index contributed by atoms with van der Waals surface area (Å²) >= 11 is 5.85. The van der Waals surface area contributed by atoms with Gasteiger partial charge in [0.2, 0.25) is 5.95 Å². The van der Waals surface area contributed by atoms with Gasteiger partial charge >= 0.3 is 0 Å². The molecule has 0 amide bonds. The zero-order chi connectivity index (χ0) is 22.7. The van der Waals surface area contributed by atoms with Gasteiger partial charge in [-0.1, -0.05) is 17.7 Å². The molecule has 0 unspecified atom stereocenters. The quantitative estimate of drug-likeness (QED) is 0.575. The van der Waals surface area contributed by atoms with Gasteiger partial charge in [-0.3, -0.25) is 0 Å². The molecule has 1 aromatic carbocycles. The van der Waals surface area contributed by atoms with Crippen LogP contribution in [0, 0.1) is 11.6 Å². The second-order valence-electron chi connectivity index (χ2n) is 7.81. The number of hydrogen-bond acceptors (Lipinski definition) is 7. The molecule has 0 aliphatic carbocycles. The van der Waals surface area contributed by atoms with Crippen molar-refractivity contribution in [2.24, 2.45) is 0 Å². The summed E-state index contributed by atoms with van der Waals surface area (Å²) < 4.78 is 35.7. The molecule has 11 heteroatoms. The Bertz CT molecular complexity index is 1030. The Kier molecular flexibility index (Phi) is 6.63. The van der Waals surface area contributed by atoms with E-state index in [2.05, 4.69) is 20.1 Å². The molecule has 3 aromatic rings. The average molecular weight is 465 g/mol. The average Bonchev–Trinajstić information content (AvgIpc) is 3.27. The lowest BCUT2D eigenvalue weighted by molar-refractivity contribution is -0.145. The van der Waals surface area contributed by atoms with Crippen LogP contribution in [0.4, 0.5) is 14.7 Å². The molecule has 1 N–H and O–H groups in total. The van der Waals surface area contributed by atoms with Crippen molar-refractivity contribution < 1.29 is 18.6 Å². The molecular weight excluding hydrogens is 442 g/mol. The topological polar surface area (TPSA) is 89.2 Å². The van der Waals surface area contributed by atoms with Gasteiger partial charge in [0.15, 0.2) is 0 Å². The van der Waals surface area contributed by atoms with Gasteiger partial charge < -0.3 is 14.7 Å². The van der Waals surface area contributed by atoms with Crippen LogP contribution in [-0.4, -0.2) is 55.1 Å². The van der Waals surface area contributed by atoms with E-state index < -0.39 is 23.3 Å². The van der Waals surface area contributed by atoms with Crippen LogP contribution in [-0.2, 0) is 16.9 Å². The summed E-state index contributed by atoms with van der Waals surface area (Å²) in [6.07, 6.45) is 6.20. The molecule has 2 atom stereocenters. The van der Waals surface area contributed by atoms with E-state index in [1.165, 1.54) is 23.4 Å². The smallest absolute Gasteiger partial charge is 0.225 e. The van der Waals surface area contributed by atoms with Crippen LogP contribution in [0.25, 0.3) is 0 Å². The Morgan fingerprint density at radius 3 is 2.59 bits per heavy atom. The predicted octanol–water partition coefficient (Wildman–Crippen LogP) is 2.96. The van der Waals surface area contributed by atoms with Crippen LogP contribution in [0.3, 0.4) is 0 Å². The number of anilines is 1. The SMILES string of the molecule is C[C@@H](OC1CCN(c2ncc(Cl)cn2)CC1)[C@](O)(Cn1cncn1)c1ccc(F)cc1F. The lowest BCUT2D eigenvalue weighted by atomic mass is 9.87. The van der Waals surface area contributed by atoms with Crippen molar-refractivity contribution in [1.29, 1.82) is 0 Å². The molecule has 1 aliphatic rings. The van der Waals surface area contributed by atoms with Crippen molar-refractivity contribution in [3.63, 3.8) is 0 Å². The molecular formula is C21H23ClF2N6O2. The van der Waals surface area contributed by atoms with Crippen LogP contribution in [0.1, 0.15) is 25.3 Å². The van der Waals surface area contributed by atoms with Gasteiger partial charge in [0.05, 0.1) is 36.2 Å². The van der Waals surface area contributed by atoms with E-state index in [-0.39, 0.29) is 18.2 Å². The van der Waals surface area contributed by atoms with Crippen molar-refractivity contribution in [3.8, 4) is 0 Å². The van der Waals surface area contributed by atoms with Gasteiger partial charge in [-0.25, -0.2) is 28.4 Å². The number of benzene rings is 1. The second kappa shape index (κ2) is 9.43. The van der Waals surface area contributed by atoms with E-state index in [1.807, 2.05) is 4.90 Å². The highest BCUT2D eigenvalue weighted by atomic mass is 35.5. The Balaban J connectivity index is 1.48. The Labute approximate surface area is 188 Å². The lowest BCUT2D eigenvalue weighted by Crippen LogP contribution is -2.47. The van der Waals surface area contributed by atoms with Crippen molar-refractivity contribution in [2.45, 2.75) is 44.1 Å². The second-order valence-corrected chi connectivity index (χ2v) is 8.24. The number of ether oxygens (including phenoxy) is 1. The monoisotopic (exact) mass is 464 g/mol. The summed E-state index contributed by atoms with van der Waals surface area (Å²) in [5.74, 6) is -0.977. The third-order valence-electron chi connectivity index (χ3n) is 5.67. The number of rotatable bonds is 7. The Hall–Kier alpha value is -2.69. The third-order valence-corrected chi connectivity index (χ3v) is 5.86. The molecule has 0 radical (unpaired) electrons. The molecule has 2 aromatic heterocycles. The van der Waals surface area contributed by atoms with Gasteiger partial charge in [-0.15, -0.1) is 0 Å². The van der Waals surface area contributed by atoms with Crippen LogP contribution >= 0.6 is 11.6 Å². The first-order chi connectivity index (χ1) is 15.3. The summed E-state index contributed by atoms with van der Waals surface area (Å²) in [5.41, 5.74) is -1.85. The molecule has 0 spiro atoms. The molecule has 8 nitrogen and oxygen atoms in total. The number of nitrogens with zero attached hydrogens (tertiary/aromatic N) is 6. The van der Waals surface area contributed by atoms with E-state index in [1.54, 1.807) is 19.3 Å². The fraction of sp³-hybridized carbons (Fsp3) is 0.429. The maximum absolute atomic E-state index is 14.6. The zero-order valence-electron chi connectivity index (χ0n) is 17.4. The molecule has 4 rings (SSSR count). The van der Waals surface area contributed by atoms with Gasteiger partial charge in [-0.2, -0.15) is 5.10 Å². The number of aliphatic hydroxyl groups is 1. The molecule has 1 fully saturated rings. The van der Waals surface area contributed by atoms with Gasteiger partial charge in [0.1, 0.15) is 29.9 Å². The Morgan fingerprint density at radius 1 is 1.25 bits per heavy atom. The first kappa shape index (κ1) is 22.5. The fourth-order valence-corrected chi connectivity index (χ4v) is 3.99. The van der Waals surface area contributed by atoms with Crippen LogP contribution in [0.2, 0.25) is 5.02 Å². The van der Waals surface area contributed by atoms with Crippen molar-refractivity contribution in [3.05, 3.63) is 65.5 Å². The fourth-order valence-electron chi connectivity index (χ4n) is 3.90. The summed E-state index contributed by atoms with van der Waals surface area (Å²) in [6, 6.07) is 3.10.